The van der Waals surface area contributed by atoms with Crippen LogP contribution in [0.2, 0.25) is 0 Å². The van der Waals surface area contributed by atoms with E-state index in [-0.39, 0.29) is 11.9 Å². The van der Waals surface area contributed by atoms with E-state index in [1.54, 1.807) is 6.07 Å². The molecule has 0 fully saturated rings. The van der Waals surface area contributed by atoms with Gasteiger partial charge in [0.15, 0.2) is 0 Å². The van der Waals surface area contributed by atoms with Gasteiger partial charge in [-0.2, -0.15) is 0 Å². The number of hydrogen-bond acceptors (Lipinski definition) is 2. The van der Waals surface area contributed by atoms with Crippen LogP contribution in [-0.4, -0.2) is 6.54 Å². The Morgan fingerprint density at radius 2 is 2.05 bits per heavy atom. The molecule has 3 rings (SSSR count). The van der Waals surface area contributed by atoms with Crippen LogP contribution in [0.1, 0.15) is 29.7 Å². The maximum Gasteiger partial charge on any atom is 0.127 e. The molecule has 3 heteroatoms. The summed E-state index contributed by atoms with van der Waals surface area (Å²) < 4.78 is 13.7. The Morgan fingerprint density at radius 1 is 1.20 bits per heavy atom. The third-order valence-electron chi connectivity index (χ3n) is 3.90. The van der Waals surface area contributed by atoms with Gasteiger partial charge in [-0.1, -0.05) is 36.4 Å². The molecule has 1 aliphatic rings. The molecular weight excluding hydrogens is 251 g/mol. The van der Waals surface area contributed by atoms with E-state index in [9.17, 15) is 4.39 Å². The average molecular weight is 270 g/mol. The highest BCUT2D eigenvalue weighted by Gasteiger charge is 2.15. The van der Waals surface area contributed by atoms with Gasteiger partial charge >= 0.3 is 0 Å². The van der Waals surface area contributed by atoms with Gasteiger partial charge in [-0.15, -0.1) is 0 Å². The maximum absolute atomic E-state index is 13.7. The molecule has 0 aromatic heterocycles. The minimum Gasteiger partial charge on any atom is -0.384 e. The largest absolute Gasteiger partial charge is 0.384 e. The molecule has 2 N–H and O–H groups in total. The van der Waals surface area contributed by atoms with Crippen molar-refractivity contribution in [2.75, 3.05) is 11.9 Å². The zero-order valence-electron chi connectivity index (χ0n) is 11.6. The SMILES string of the molecule is C[C@@H](NCc1cccc2c1NCC2)c1ccccc1F. The topological polar surface area (TPSA) is 24.1 Å². The molecule has 0 saturated carbocycles. The molecule has 104 valence electrons. The fourth-order valence-corrected chi connectivity index (χ4v) is 2.76. The van der Waals surface area contributed by atoms with Gasteiger partial charge in [0.2, 0.25) is 0 Å². The smallest absolute Gasteiger partial charge is 0.127 e. The lowest BCUT2D eigenvalue weighted by molar-refractivity contribution is 0.528. The summed E-state index contributed by atoms with van der Waals surface area (Å²) in [5, 5.41) is 6.84. The Hall–Kier alpha value is -1.87. The van der Waals surface area contributed by atoms with E-state index in [4.69, 9.17) is 0 Å². The highest BCUT2D eigenvalue weighted by atomic mass is 19.1. The fraction of sp³-hybridized carbons (Fsp3) is 0.294. The molecule has 0 radical (unpaired) electrons. The van der Waals surface area contributed by atoms with Crippen molar-refractivity contribution in [2.24, 2.45) is 0 Å². The molecular formula is C17H19FN2. The Balaban J connectivity index is 1.71. The number of halogens is 1. The molecule has 1 aliphatic heterocycles. The molecule has 2 aromatic rings. The molecule has 2 aromatic carbocycles. The van der Waals surface area contributed by atoms with E-state index in [1.807, 2.05) is 19.1 Å². The van der Waals surface area contributed by atoms with Crippen LogP contribution in [0.3, 0.4) is 0 Å². The van der Waals surface area contributed by atoms with Crippen LogP contribution in [0.4, 0.5) is 10.1 Å². The number of fused-ring (bicyclic) bond motifs is 1. The lowest BCUT2D eigenvalue weighted by atomic mass is 10.1. The van der Waals surface area contributed by atoms with Crippen molar-refractivity contribution in [2.45, 2.75) is 25.9 Å². The van der Waals surface area contributed by atoms with Gasteiger partial charge in [0.25, 0.3) is 0 Å². The molecule has 0 unspecified atom stereocenters. The Bertz CT molecular complexity index is 610. The Kier molecular flexibility index (Phi) is 3.70. The van der Waals surface area contributed by atoms with Crippen molar-refractivity contribution in [3.8, 4) is 0 Å². The molecule has 1 heterocycles. The maximum atomic E-state index is 13.7. The van der Waals surface area contributed by atoms with E-state index >= 15 is 0 Å². The second-order valence-corrected chi connectivity index (χ2v) is 5.25. The van der Waals surface area contributed by atoms with Gasteiger partial charge in [-0.05, 0) is 30.5 Å². The first-order chi connectivity index (χ1) is 9.75. The normalized spacial score (nSPS) is 14.7. The number of anilines is 1. The van der Waals surface area contributed by atoms with Crippen LogP contribution in [-0.2, 0) is 13.0 Å². The number of para-hydroxylation sites is 1. The third kappa shape index (κ3) is 2.54. The molecule has 0 spiro atoms. The van der Waals surface area contributed by atoms with Crippen LogP contribution >= 0.6 is 0 Å². The number of nitrogens with one attached hydrogen (secondary N) is 2. The van der Waals surface area contributed by atoms with E-state index in [0.29, 0.717) is 5.56 Å². The Labute approximate surface area is 119 Å². The number of rotatable bonds is 4. The predicted octanol–water partition coefficient (Wildman–Crippen LogP) is 3.64. The zero-order chi connectivity index (χ0) is 13.9. The van der Waals surface area contributed by atoms with Gasteiger partial charge in [0.05, 0.1) is 0 Å². The highest BCUT2D eigenvalue weighted by Crippen LogP contribution is 2.27. The summed E-state index contributed by atoms with van der Waals surface area (Å²) in [5.41, 5.74) is 4.60. The van der Waals surface area contributed by atoms with Gasteiger partial charge < -0.3 is 10.6 Å². The van der Waals surface area contributed by atoms with Crippen molar-refractivity contribution in [1.82, 2.24) is 5.32 Å². The molecule has 1 atom stereocenters. The van der Waals surface area contributed by atoms with Gasteiger partial charge in [0, 0.05) is 30.4 Å². The summed E-state index contributed by atoms with van der Waals surface area (Å²) >= 11 is 0. The van der Waals surface area contributed by atoms with E-state index in [2.05, 4.69) is 28.8 Å². The monoisotopic (exact) mass is 270 g/mol. The molecule has 0 bridgehead atoms. The molecule has 20 heavy (non-hydrogen) atoms. The van der Waals surface area contributed by atoms with E-state index in [1.165, 1.54) is 22.9 Å². The summed E-state index contributed by atoms with van der Waals surface area (Å²) in [6.45, 7) is 3.75. The number of hydrogen-bond donors (Lipinski definition) is 2. The first-order valence-electron chi connectivity index (χ1n) is 7.08. The zero-order valence-corrected chi connectivity index (χ0v) is 11.6. The summed E-state index contributed by atoms with van der Waals surface area (Å²) in [4.78, 5) is 0. The predicted molar refractivity (Wildman–Crippen MR) is 80.3 cm³/mol. The average Bonchev–Trinajstić information content (AvgIpc) is 2.94. The van der Waals surface area contributed by atoms with Gasteiger partial charge in [0.1, 0.15) is 5.82 Å². The second kappa shape index (κ2) is 5.63. The molecule has 0 aliphatic carbocycles. The second-order valence-electron chi connectivity index (χ2n) is 5.25. The standard InChI is InChI=1S/C17H19FN2/c1-12(15-7-2-3-8-16(15)18)20-11-14-6-4-5-13-9-10-19-17(13)14/h2-8,12,19-20H,9-11H2,1H3/t12-/m1/s1. The first-order valence-corrected chi connectivity index (χ1v) is 7.08. The van der Waals surface area contributed by atoms with Crippen molar-refractivity contribution < 1.29 is 4.39 Å². The van der Waals surface area contributed by atoms with E-state index in [0.717, 1.165) is 19.5 Å². The summed E-state index contributed by atoms with van der Waals surface area (Å²) in [6.07, 6.45) is 1.09. The summed E-state index contributed by atoms with van der Waals surface area (Å²) in [6, 6.07) is 13.3. The van der Waals surface area contributed by atoms with Crippen molar-refractivity contribution in [1.29, 1.82) is 0 Å². The van der Waals surface area contributed by atoms with Crippen LogP contribution in [0.5, 0.6) is 0 Å². The van der Waals surface area contributed by atoms with Crippen LogP contribution < -0.4 is 10.6 Å². The lowest BCUT2D eigenvalue weighted by Crippen LogP contribution is -2.19. The summed E-state index contributed by atoms with van der Waals surface area (Å²) in [7, 11) is 0. The van der Waals surface area contributed by atoms with Crippen molar-refractivity contribution >= 4 is 5.69 Å². The molecule has 2 nitrogen and oxygen atoms in total. The third-order valence-corrected chi connectivity index (χ3v) is 3.90. The van der Waals surface area contributed by atoms with Crippen LogP contribution in [0.25, 0.3) is 0 Å². The van der Waals surface area contributed by atoms with Crippen molar-refractivity contribution in [3.63, 3.8) is 0 Å². The quantitative estimate of drug-likeness (QED) is 0.886. The van der Waals surface area contributed by atoms with E-state index < -0.39 is 0 Å². The minimum atomic E-state index is -0.149. The first kappa shape index (κ1) is 13.1. The highest BCUT2D eigenvalue weighted by molar-refractivity contribution is 5.61. The minimum absolute atomic E-state index is 0.00606. The number of benzene rings is 2. The van der Waals surface area contributed by atoms with Gasteiger partial charge in [-0.25, -0.2) is 4.39 Å². The summed E-state index contributed by atoms with van der Waals surface area (Å²) in [5.74, 6) is -0.149. The van der Waals surface area contributed by atoms with Gasteiger partial charge in [-0.3, -0.25) is 0 Å². The lowest BCUT2D eigenvalue weighted by Gasteiger charge is -2.16. The van der Waals surface area contributed by atoms with Crippen LogP contribution in [0.15, 0.2) is 42.5 Å². The molecule has 0 saturated heterocycles. The fourth-order valence-electron chi connectivity index (χ4n) is 2.76. The van der Waals surface area contributed by atoms with Crippen LogP contribution in [0, 0.1) is 5.82 Å². The molecule has 0 amide bonds. The Morgan fingerprint density at radius 3 is 2.90 bits per heavy atom. The van der Waals surface area contributed by atoms with Crippen molar-refractivity contribution in [3.05, 3.63) is 65.0 Å².